The fourth-order valence-electron chi connectivity index (χ4n) is 9.10. The lowest BCUT2D eigenvalue weighted by Crippen LogP contribution is -3.00. The van der Waals surface area contributed by atoms with E-state index in [0.29, 0.717) is 21.9 Å². The molecule has 0 heterocycles. The third-order valence-electron chi connectivity index (χ3n) is 11.3. The first-order chi connectivity index (χ1) is 18.0. The summed E-state index contributed by atoms with van der Waals surface area (Å²) >= 11 is 0. The second-order valence-electron chi connectivity index (χ2n) is 15.5. The van der Waals surface area contributed by atoms with Crippen LogP contribution in [0.3, 0.4) is 0 Å². The van der Waals surface area contributed by atoms with Crippen molar-refractivity contribution in [2.45, 2.75) is 111 Å². The molecule has 8 heteroatoms. The predicted octanol–water partition coefficient (Wildman–Crippen LogP) is 4.19. The smallest absolute Gasteiger partial charge is 0.469 e. The van der Waals surface area contributed by atoms with Crippen molar-refractivity contribution < 1.29 is 40.9 Å². The molecule has 0 bridgehead atoms. The molecule has 0 spiro atoms. The van der Waals surface area contributed by atoms with Gasteiger partial charge in [0.05, 0.1) is 27.2 Å². The number of halogens is 1. The zero-order valence-electron chi connectivity index (χ0n) is 26.7. The highest BCUT2D eigenvalue weighted by Crippen LogP contribution is 2.67. The number of allylic oxidation sites excluding steroid dienone is 1. The van der Waals surface area contributed by atoms with Crippen LogP contribution in [0.5, 0.6) is 0 Å². The molecule has 3 N–H and O–H groups in total. The molecule has 4 aliphatic carbocycles. The molecule has 0 radical (unpaired) electrons. The first kappa shape index (κ1) is 36.3. The lowest BCUT2D eigenvalue weighted by Gasteiger charge is -2.58. The fraction of sp³-hybridized carbons (Fsp3) is 0.938. The Balaban J connectivity index is 0.000000400. The summed E-state index contributed by atoms with van der Waals surface area (Å²) in [6, 6.07) is 0. The van der Waals surface area contributed by atoms with Crippen LogP contribution in [0.2, 0.25) is 0 Å². The highest BCUT2D eigenvalue weighted by Gasteiger charge is 2.59. The molecule has 0 aromatic heterocycles. The number of rotatable bonds is 9. The van der Waals surface area contributed by atoms with Gasteiger partial charge in [0.2, 0.25) is 0 Å². The van der Waals surface area contributed by atoms with Crippen LogP contribution in [0.4, 0.5) is 0 Å². The SMILES string of the molecule is CC(C)CCC[C@@H](C)[C@H]1CC[C@H]2[C@@H]3CC=C4C[C@@H](O)CC[C@]4(C)[C@H]3CC[C@]12C.C[N+](C)(C)CCOP(=O)(O)O.[Cl-]. The molecule has 0 aromatic rings. The molecule has 0 amide bonds. The van der Waals surface area contributed by atoms with Crippen LogP contribution >= 0.6 is 7.82 Å². The third-order valence-corrected chi connectivity index (χ3v) is 11.8. The molecule has 0 aliphatic heterocycles. The standard InChI is InChI=1S/C27H46O.C5H14NO4P.ClH/c1-18(2)7-6-8-19(3)23-11-12-24-22-10-9-20-17-21(28)13-15-26(20,4)25(22)14-16-27(23,24)5;1-6(2,3)4-5-10-11(7,8)9;/h9,18-19,21-25,28H,6-8,10-17H2,1-5H3;4-5H2,1-3H3,(H-,7,8,9);1H/t19-,21+,22+,23-,24+,25+,26+,27-;;/m1../s1. The van der Waals surface area contributed by atoms with Gasteiger partial charge in [0, 0.05) is 0 Å². The molecular formula is C32H61ClNO5P. The summed E-state index contributed by atoms with van der Waals surface area (Å²) in [5, 5.41) is 10.2. The van der Waals surface area contributed by atoms with Crippen molar-refractivity contribution in [1.29, 1.82) is 0 Å². The first-order valence-electron chi connectivity index (χ1n) is 15.8. The number of phosphoric acid groups is 1. The van der Waals surface area contributed by atoms with E-state index in [4.69, 9.17) is 9.79 Å². The Labute approximate surface area is 252 Å². The van der Waals surface area contributed by atoms with E-state index < -0.39 is 7.82 Å². The number of hydrogen-bond acceptors (Lipinski definition) is 3. The monoisotopic (exact) mass is 605 g/mol. The second kappa shape index (κ2) is 14.2. The number of likely N-dealkylation sites (N-methyl/N-ethyl adjacent to an activating group) is 1. The zero-order chi connectivity index (χ0) is 29.2. The maximum atomic E-state index is 10.2. The van der Waals surface area contributed by atoms with Crippen LogP contribution in [0.15, 0.2) is 11.6 Å². The van der Waals surface area contributed by atoms with E-state index in [-0.39, 0.29) is 25.1 Å². The van der Waals surface area contributed by atoms with Gasteiger partial charge in [0.1, 0.15) is 13.2 Å². The van der Waals surface area contributed by atoms with Crippen molar-refractivity contribution >= 4 is 7.82 Å². The van der Waals surface area contributed by atoms with Gasteiger partial charge in [-0.2, -0.15) is 0 Å². The van der Waals surface area contributed by atoms with E-state index in [1.165, 1.54) is 57.8 Å². The van der Waals surface area contributed by atoms with Crippen LogP contribution in [0, 0.1) is 46.3 Å². The highest BCUT2D eigenvalue weighted by atomic mass is 35.5. The van der Waals surface area contributed by atoms with Crippen LogP contribution in [-0.2, 0) is 9.09 Å². The van der Waals surface area contributed by atoms with Crippen LogP contribution in [0.1, 0.15) is 105 Å². The maximum absolute atomic E-state index is 10.2. The Kier molecular flexibility index (Phi) is 12.9. The van der Waals surface area contributed by atoms with E-state index in [1.54, 1.807) is 5.57 Å². The lowest BCUT2D eigenvalue weighted by atomic mass is 9.47. The molecule has 3 saturated carbocycles. The average molecular weight is 606 g/mol. The van der Waals surface area contributed by atoms with Crippen LogP contribution in [-0.4, -0.2) is 59.8 Å². The molecular weight excluding hydrogens is 545 g/mol. The van der Waals surface area contributed by atoms with Crippen LogP contribution < -0.4 is 12.4 Å². The first-order valence-corrected chi connectivity index (χ1v) is 17.4. The Bertz CT molecular complexity index is 885. The molecule has 0 saturated heterocycles. The minimum atomic E-state index is -4.26. The van der Waals surface area contributed by atoms with Crippen molar-refractivity contribution in [3.8, 4) is 0 Å². The predicted molar refractivity (Wildman–Crippen MR) is 160 cm³/mol. The Morgan fingerprint density at radius 3 is 2.30 bits per heavy atom. The molecule has 3 fully saturated rings. The number of quaternary nitrogens is 1. The van der Waals surface area contributed by atoms with Gasteiger partial charge in [-0.3, -0.25) is 4.52 Å². The number of aliphatic hydroxyl groups excluding tert-OH is 1. The van der Waals surface area contributed by atoms with Gasteiger partial charge in [0.15, 0.2) is 0 Å². The number of fused-ring (bicyclic) bond motifs is 5. The van der Waals surface area contributed by atoms with Gasteiger partial charge in [-0.15, -0.1) is 0 Å². The van der Waals surface area contributed by atoms with Gasteiger partial charge >= 0.3 is 7.82 Å². The Morgan fingerprint density at radius 1 is 1.02 bits per heavy atom. The molecule has 0 aromatic carbocycles. The maximum Gasteiger partial charge on any atom is 0.469 e. The van der Waals surface area contributed by atoms with Crippen LogP contribution in [0.25, 0.3) is 0 Å². The molecule has 4 aliphatic rings. The Morgan fingerprint density at radius 2 is 1.70 bits per heavy atom. The number of aliphatic hydroxyl groups is 1. The summed E-state index contributed by atoms with van der Waals surface area (Å²) in [5.74, 6) is 5.46. The van der Waals surface area contributed by atoms with Gasteiger partial charge in [0.25, 0.3) is 0 Å². The average Bonchev–Trinajstić information content (AvgIpc) is 3.15. The number of nitrogens with zero attached hydrogens (tertiary/aromatic N) is 1. The van der Waals surface area contributed by atoms with E-state index in [2.05, 4.69) is 45.2 Å². The summed E-state index contributed by atoms with van der Waals surface area (Å²) in [6.07, 6.45) is 17.2. The van der Waals surface area contributed by atoms with E-state index in [9.17, 15) is 9.67 Å². The minimum Gasteiger partial charge on any atom is -1.00 e. The molecule has 40 heavy (non-hydrogen) atoms. The van der Waals surface area contributed by atoms with E-state index >= 15 is 0 Å². The molecule has 0 unspecified atom stereocenters. The van der Waals surface area contributed by atoms with Crippen molar-refractivity contribution in [2.24, 2.45) is 46.3 Å². The normalized spacial score (nSPS) is 36.3. The number of hydrogen-bond donors (Lipinski definition) is 3. The van der Waals surface area contributed by atoms with E-state index in [1.807, 2.05) is 21.1 Å². The molecule has 236 valence electrons. The summed E-state index contributed by atoms with van der Waals surface area (Å²) in [7, 11) is 1.50. The van der Waals surface area contributed by atoms with Gasteiger partial charge in [-0.25, -0.2) is 4.57 Å². The van der Waals surface area contributed by atoms with Crippen molar-refractivity contribution in [3.05, 3.63) is 11.6 Å². The summed E-state index contributed by atoms with van der Waals surface area (Å²) < 4.78 is 15.1. The van der Waals surface area contributed by atoms with Crippen molar-refractivity contribution in [2.75, 3.05) is 34.3 Å². The summed E-state index contributed by atoms with van der Waals surface area (Å²) in [5.41, 5.74) is 2.60. The highest BCUT2D eigenvalue weighted by molar-refractivity contribution is 7.46. The van der Waals surface area contributed by atoms with Gasteiger partial charge in [-0.1, -0.05) is 65.5 Å². The molecule has 6 nitrogen and oxygen atoms in total. The minimum absolute atomic E-state index is 0. The van der Waals surface area contributed by atoms with Gasteiger partial charge in [-0.05, 0) is 97.7 Å². The Hall–Kier alpha value is 0.0600. The zero-order valence-corrected chi connectivity index (χ0v) is 28.4. The number of phosphoric ester groups is 1. The second-order valence-corrected chi connectivity index (χ2v) is 16.8. The summed E-state index contributed by atoms with van der Waals surface area (Å²) in [6.45, 7) is 13.2. The molecule has 4 rings (SSSR count). The molecule has 8 atom stereocenters. The fourth-order valence-corrected chi connectivity index (χ4v) is 9.42. The largest absolute Gasteiger partial charge is 1.00 e. The third kappa shape index (κ3) is 9.04. The summed E-state index contributed by atoms with van der Waals surface area (Å²) in [4.78, 5) is 16.6. The quantitative estimate of drug-likeness (QED) is 0.208. The van der Waals surface area contributed by atoms with Crippen molar-refractivity contribution in [1.82, 2.24) is 0 Å². The topological polar surface area (TPSA) is 87.0 Å². The van der Waals surface area contributed by atoms with Crippen molar-refractivity contribution in [3.63, 3.8) is 0 Å². The van der Waals surface area contributed by atoms with Gasteiger partial charge < -0.3 is 31.8 Å². The van der Waals surface area contributed by atoms with E-state index in [0.717, 1.165) is 48.3 Å². The lowest BCUT2D eigenvalue weighted by molar-refractivity contribution is -0.870.